The summed E-state index contributed by atoms with van der Waals surface area (Å²) >= 11 is 0. The number of carbonyl (C=O) groups is 1. The molecule has 2 rings (SSSR count). The van der Waals surface area contributed by atoms with E-state index in [1.54, 1.807) is 36.7 Å². The van der Waals surface area contributed by atoms with Crippen molar-refractivity contribution < 1.29 is 14.3 Å². The van der Waals surface area contributed by atoms with Crippen LogP contribution in [0.4, 0.5) is 0 Å². The zero-order valence-electron chi connectivity index (χ0n) is 8.33. The largest absolute Gasteiger partial charge is 0.478 e. The third-order valence-electron chi connectivity index (χ3n) is 2.05. The summed E-state index contributed by atoms with van der Waals surface area (Å²) in [4.78, 5) is 14.9. The average Bonchev–Trinajstić information content (AvgIpc) is 2.79. The summed E-state index contributed by atoms with van der Waals surface area (Å²) in [6.45, 7) is 0. The molecule has 1 N–H and O–H groups in total. The number of nitrogens with zero attached hydrogens (tertiary/aromatic N) is 1. The van der Waals surface area contributed by atoms with Crippen LogP contribution in [0.25, 0.3) is 11.6 Å². The quantitative estimate of drug-likeness (QED) is 0.798. The van der Waals surface area contributed by atoms with Crippen molar-refractivity contribution in [3.63, 3.8) is 0 Å². The van der Waals surface area contributed by atoms with Crippen molar-refractivity contribution in [3.8, 4) is 0 Å². The van der Waals surface area contributed by atoms with Gasteiger partial charge in [-0.1, -0.05) is 0 Å². The van der Waals surface area contributed by atoms with Gasteiger partial charge in [-0.15, -0.1) is 0 Å². The summed E-state index contributed by atoms with van der Waals surface area (Å²) < 4.78 is 5.08. The fourth-order valence-electron chi connectivity index (χ4n) is 1.32. The SMILES string of the molecule is O=C(O)/C(=C/c1ccco1)c1ccncc1. The number of hydrogen-bond acceptors (Lipinski definition) is 3. The molecule has 16 heavy (non-hydrogen) atoms. The van der Waals surface area contributed by atoms with Gasteiger partial charge in [0.1, 0.15) is 5.76 Å². The maximum absolute atomic E-state index is 11.1. The van der Waals surface area contributed by atoms with Crippen LogP contribution >= 0.6 is 0 Å². The molecule has 0 aliphatic rings. The lowest BCUT2D eigenvalue weighted by molar-refractivity contribution is -0.130. The van der Waals surface area contributed by atoms with Crippen LogP contribution in [0.3, 0.4) is 0 Å². The molecule has 0 fully saturated rings. The Morgan fingerprint density at radius 2 is 2.06 bits per heavy atom. The first kappa shape index (κ1) is 10.2. The normalized spacial score (nSPS) is 11.4. The first-order valence-corrected chi connectivity index (χ1v) is 4.66. The first-order chi connectivity index (χ1) is 7.77. The average molecular weight is 215 g/mol. The zero-order valence-corrected chi connectivity index (χ0v) is 8.33. The molecule has 2 heterocycles. The predicted octanol–water partition coefficient (Wildman–Crippen LogP) is 2.30. The molecule has 4 heteroatoms. The molecule has 2 aromatic rings. The Balaban J connectivity index is 2.43. The number of furan rings is 1. The highest BCUT2D eigenvalue weighted by Gasteiger charge is 2.10. The van der Waals surface area contributed by atoms with Crippen molar-refractivity contribution in [2.24, 2.45) is 0 Å². The lowest BCUT2D eigenvalue weighted by Crippen LogP contribution is -1.99. The second-order valence-electron chi connectivity index (χ2n) is 3.11. The van der Waals surface area contributed by atoms with E-state index in [0.717, 1.165) is 0 Å². The highest BCUT2D eigenvalue weighted by molar-refractivity contribution is 6.20. The minimum absolute atomic E-state index is 0.178. The summed E-state index contributed by atoms with van der Waals surface area (Å²) in [6, 6.07) is 6.69. The van der Waals surface area contributed by atoms with Gasteiger partial charge < -0.3 is 9.52 Å². The van der Waals surface area contributed by atoms with Crippen LogP contribution in [0.2, 0.25) is 0 Å². The Morgan fingerprint density at radius 3 is 2.62 bits per heavy atom. The molecule has 80 valence electrons. The fraction of sp³-hybridized carbons (Fsp3) is 0. The fourth-order valence-corrected chi connectivity index (χ4v) is 1.32. The van der Waals surface area contributed by atoms with E-state index < -0.39 is 5.97 Å². The third kappa shape index (κ3) is 2.17. The molecule has 0 saturated heterocycles. The lowest BCUT2D eigenvalue weighted by Gasteiger charge is -2.00. The molecule has 0 radical (unpaired) electrons. The van der Waals surface area contributed by atoms with Gasteiger partial charge in [0.25, 0.3) is 0 Å². The monoisotopic (exact) mass is 215 g/mol. The van der Waals surface area contributed by atoms with Gasteiger partial charge in [0.05, 0.1) is 11.8 Å². The first-order valence-electron chi connectivity index (χ1n) is 4.66. The van der Waals surface area contributed by atoms with E-state index in [0.29, 0.717) is 11.3 Å². The van der Waals surface area contributed by atoms with Crippen LogP contribution in [0, 0.1) is 0 Å². The van der Waals surface area contributed by atoms with Crippen LogP contribution in [0.15, 0.2) is 47.3 Å². The maximum Gasteiger partial charge on any atom is 0.336 e. The topological polar surface area (TPSA) is 63.3 Å². The molecule has 0 spiro atoms. The number of aliphatic carboxylic acids is 1. The molecule has 0 amide bonds. The summed E-state index contributed by atoms with van der Waals surface area (Å²) in [5, 5.41) is 9.10. The van der Waals surface area contributed by atoms with Crippen molar-refractivity contribution in [1.29, 1.82) is 0 Å². The van der Waals surface area contributed by atoms with Crippen LogP contribution in [0.5, 0.6) is 0 Å². The van der Waals surface area contributed by atoms with Gasteiger partial charge >= 0.3 is 5.97 Å². The van der Waals surface area contributed by atoms with Crippen LogP contribution in [-0.2, 0) is 4.79 Å². The standard InChI is InChI=1S/C12H9NO3/c14-12(15)11(8-10-2-1-7-16-10)9-3-5-13-6-4-9/h1-8H,(H,14,15)/b11-8+. The van der Waals surface area contributed by atoms with E-state index in [9.17, 15) is 4.79 Å². The van der Waals surface area contributed by atoms with Crippen molar-refractivity contribution in [2.45, 2.75) is 0 Å². The van der Waals surface area contributed by atoms with E-state index in [-0.39, 0.29) is 5.57 Å². The molecule has 0 aliphatic carbocycles. The molecule has 0 aliphatic heterocycles. The minimum Gasteiger partial charge on any atom is -0.478 e. The Morgan fingerprint density at radius 1 is 1.31 bits per heavy atom. The number of aromatic nitrogens is 1. The number of rotatable bonds is 3. The van der Waals surface area contributed by atoms with Gasteiger partial charge in [-0.05, 0) is 35.9 Å². The molecule has 4 nitrogen and oxygen atoms in total. The third-order valence-corrected chi connectivity index (χ3v) is 2.05. The Hall–Kier alpha value is -2.36. The highest BCUT2D eigenvalue weighted by atomic mass is 16.4. The molecule has 0 atom stereocenters. The molecule has 0 bridgehead atoms. The predicted molar refractivity (Wildman–Crippen MR) is 58.5 cm³/mol. The molecule has 0 saturated carbocycles. The molecular weight excluding hydrogens is 206 g/mol. The van der Waals surface area contributed by atoms with Gasteiger partial charge in [0, 0.05) is 12.4 Å². The van der Waals surface area contributed by atoms with Gasteiger partial charge in [-0.25, -0.2) is 4.79 Å². The van der Waals surface area contributed by atoms with E-state index in [2.05, 4.69) is 4.98 Å². The summed E-state index contributed by atoms with van der Waals surface area (Å²) in [6.07, 6.45) is 6.08. The van der Waals surface area contributed by atoms with Crippen LogP contribution in [0.1, 0.15) is 11.3 Å². The van der Waals surface area contributed by atoms with Crippen LogP contribution in [-0.4, -0.2) is 16.1 Å². The minimum atomic E-state index is -0.998. The lowest BCUT2D eigenvalue weighted by atomic mass is 10.1. The van der Waals surface area contributed by atoms with Crippen molar-refractivity contribution in [2.75, 3.05) is 0 Å². The smallest absolute Gasteiger partial charge is 0.336 e. The second kappa shape index (κ2) is 4.44. The Kier molecular flexibility index (Phi) is 2.82. The maximum atomic E-state index is 11.1. The molecule has 0 aromatic carbocycles. The van der Waals surface area contributed by atoms with E-state index in [1.165, 1.54) is 12.3 Å². The van der Waals surface area contributed by atoms with Crippen molar-refractivity contribution in [1.82, 2.24) is 4.98 Å². The van der Waals surface area contributed by atoms with Gasteiger partial charge in [-0.3, -0.25) is 4.98 Å². The Labute approximate surface area is 91.9 Å². The Bertz CT molecular complexity index is 500. The molecule has 0 unspecified atom stereocenters. The van der Waals surface area contributed by atoms with Gasteiger partial charge in [0.2, 0.25) is 0 Å². The number of carboxylic acid groups (broad SMARTS) is 1. The summed E-state index contributed by atoms with van der Waals surface area (Å²) in [5.41, 5.74) is 0.774. The van der Waals surface area contributed by atoms with Gasteiger partial charge in [0.15, 0.2) is 0 Å². The zero-order chi connectivity index (χ0) is 11.4. The van der Waals surface area contributed by atoms with E-state index in [1.807, 2.05) is 0 Å². The number of hydrogen-bond donors (Lipinski definition) is 1. The highest BCUT2D eigenvalue weighted by Crippen LogP contribution is 2.17. The summed E-state index contributed by atoms with van der Waals surface area (Å²) in [5.74, 6) is -0.489. The molecular formula is C12H9NO3. The molecule has 2 aromatic heterocycles. The second-order valence-corrected chi connectivity index (χ2v) is 3.11. The van der Waals surface area contributed by atoms with Crippen molar-refractivity contribution in [3.05, 3.63) is 54.2 Å². The number of pyridine rings is 1. The van der Waals surface area contributed by atoms with Crippen LogP contribution < -0.4 is 0 Å². The van der Waals surface area contributed by atoms with E-state index >= 15 is 0 Å². The van der Waals surface area contributed by atoms with E-state index in [4.69, 9.17) is 9.52 Å². The summed E-state index contributed by atoms with van der Waals surface area (Å²) in [7, 11) is 0. The van der Waals surface area contributed by atoms with Crippen molar-refractivity contribution >= 4 is 17.6 Å². The number of carboxylic acids is 1. The van der Waals surface area contributed by atoms with Gasteiger partial charge in [-0.2, -0.15) is 0 Å².